The number of urea groups is 1. The lowest BCUT2D eigenvalue weighted by atomic mass is 9.93. The predicted molar refractivity (Wildman–Crippen MR) is 64.8 cm³/mol. The molecule has 3 N–H and O–H groups in total. The Labute approximate surface area is 102 Å². The number of carboxylic acid groups (broad SMARTS) is 1. The summed E-state index contributed by atoms with van der Waals surface area (Å²) in [5.41, 5.74) is 0. The summed E-state index contributed by atoms with van der Waals surface area (Å²) in [5.74, 6) is -1.03. The van der Waals surface area contributed by atoms with E-state index in [9.17, 15) is 9.59 Å². The summed E-state index contributed by atoms with van der Waals surface area (Å²) in [4.78, 5) is 22.4. The van der Waals surface area contributed by atoms with E-state index in [4.69, 9.17) is 5.11 Å². The van der Waals surface area contributed by atoms with Gasteiger partial charge in [-0.05, 0) is 31.6 Å². The molecule has 98 valence electrons. The lowest BCUT2D eigenvalue weighted by molar-refractivity contribution is -0.142. The lowest BCUT2D eigenvalue weighted by Gasteiger charge is -2.26. The molecular weight excluding hydrogens is 220 g/mol. The third-order valence-corrected chi connectivity index (χ3v) is 3.05. The molecule has 1 rings (SSSR count). The minimum absolute atomic E-state index is 0.200. The average molecular weight is 242 g/mol. The van der Waals surface area contributed by atoms with Gasteiger partial charge in [0.1, 0.15) is 0 Å². The molecule has 0 aromatic heterocycles. The SMILES string of the molecule is CC(C)CC(CNC(=O)NC1CCC1)C(=O)O. The maximum atomic E-state index is 11.4. The summed E-state index contributed by atoms with van der Waals surface area (Å²) >= 11 is 0. The van der Waals surface area contributed by atoms with E-state index in [1.54, 1.807) is 0 Å². The smallest absolute Gasteiger partial charge is 0.315 e. The molecule has 17 heavy (non-hydrogen) atoms. The van der Waals surface area contributed by atoms with Crippen LogP contribution in [0.2, 0.25) is 0 Å². The van der Waals surface area contributed by atoms with Crippen molar-refractivity contribution < 1.29 is 14.7 Å². The van der Waals surface area contributed by atoms with Crippen molar-refractivity contribution in [3.63, 3.8) is 0 Å². The third-order valence-electron chi connectivity index (χ3n) is 3.05. The van der Waals surface area contributed by atoms with Gasteiger partial charge in [-0.15, -0.1) is 0 Å². The molecule has 5 heteroatoms. The summed E-state index contributed by atoms with van der Waals surface area (Å²) in [6, 6.07) is 0.0353. The fraction of sp³-hybridized carbons (Fsp3) is 0.833. The Hall–Kier alpha value is -1.26. The number of hydrogen-bond donors (Lipinski definition) is 3. The van der Waals surface area contributed by atoms with E-state index in [0.717, 1.165) is 19.3 Å². The number of amides is 2. The molecule has 0 radical (unpaired) electrons. The van der Waals surface area contributed by atoms with Crippen molar-refractivity contribution in [3.05, 3.63) is 0 Å². The Balaban J connectivity index is 2.24. The van der Waals surface area contributed by atoms with Crippen LogP contribution in [0.3, 0.4) is 0 Å². The van der Waals surface area contributed by atoms with Crippen molar-refractivity contribution in [1.29, 1.82) is 0 Å². The average Bonchev–Trinajstić information content (AvgIpc) is 2.17. The third kappa shape index (κ3) is 5.06. The molecule has 5 nitrogen and oxygen atoms in total. The van der Waals surface area contributed by atoms with E-state index in [2.05, 4.69) is 10.6 Å². The number of aliphatic carboxylic acids is 1. The molecule has 2 amide bonds. The minimum Gasteiger partial charge on any atom is -0.481 e. The largest absolute Gasteiger partial charge is 0.481 e. The highest BCUT2D eigenvalue weighted by Crippen LogP contribution is 2.17. The van der Waals surface area contributed by atoms with Crippen molar-refractivity contribution in [2.75, 3.05) is 6.54 Å². The van der Waals surface area contributed by atoms with Crippen LogP contribution in [0.25, 0.3) is 0 Å². The zero-order valence-electron chi connectivity index (χ0n) is 10.5. The Morgan fingerprint density at radius 3 is 2.41 bits per heavy atom. The van der Waals surface area contributed by atoms with Gasteiger partial charge in [-0.25, -0.2) is 4.79 Å². The molecule has 1 saturated carbocycles. The van der Waals surface area contributed by atoms with Crippen LogP contribution in [-0.2, 0) is 4.79 Å². The summed E-state index contributed by atoms with van der Waals surface area (Å²) in [6.45, 7) is 4.15. The number of carbonyl (C=O) groups is 2. The molecule has 1 aliphatic rings. The zero-order chi connectivity index (χ0) is 12.8. The molecule has 1 unspecified atom stereocenters. The number of hydrogen-bond acceptors (Lipinski definition) is 2. The second-order valence-corrected chi connectivity index (χ2v) is 5.15. The summed E-state index contributed by atoms with van der Waals surface area (Å²) < 4.78 is 0. The van der Waals surface area contributed by atoms with Crippen LogP contribution in [0, 0.1) is 11.8 Å². The van der Waals surface area contributed by atoms with Crippen molar-refractivity contribution in [3.8, 4) is 0 Å². The highest BCUT2D eigenvalue weighted by atomic mass is 16.4. The van der Waals surface area contributed by atoms with E-state index in [1.165, 1.54) is 0 Å². The lowest BCUT2D eigenvalue weighted by Crippen LogP contribution is -2.47. The summed E-state index contributed by atoms with van der Waals surface area (Å²) in [7, 11) is 0. The highest BCUT2D eigenvalue weighted by molar-refractivity contribution is 5.76. The van der Waals surface area contributed by atoms with Gasteiger partial charge in [0, 0.05) is 12.6 Å². The van der Waals surface area contributed by atoms with Crippen LogP contribution < -0.4 is 10.6 Å². The maximum Gasteiger partial charge on any atom is 0.315 e. The van der Waals surface area contributed by atoms with Crippen molar-refractivity contribution >= 4 is 12.0 Å². The van der Waals surface area contributed by atoms with Gasteiger partial charge in [-0.1, -0.05) is 13.8 Å². The number of nitrogens with one attached hydrogen (secondary N) is 2. The predicted octanol–water partition coefficient (Wildman–Crippen LogP) is 1.58. The van der Waals surface area contributed by atoms with E-state index in [-0.39, 0.29) is 18.6 Å². The fourth-order valence-corrected chi connectivity index (χ4v) is 1.85. The molecule has 1 fully saturated rings. The van der Waals surface area contributed by atoms with E-state index in [0.29, 0.717) is 12.3 Å². The summed E-state index contributed by atoms with van der Waals surface area (Å²) in [6.07, 6.45) is 3.80. The Bertz CT molecular complexity index is 275. The van der Waals surface area contributed by atoms with Gasteiger partial charge in [0.05, 0.1) is 5.92 Å². The van der Waals surface area contributed by atoms with Crippen LogP contribution in [-0.4, -0.2) is 29.7 Å². The molecule has 0 aromatic rings. The van der Waals surface area contributed by atoms with Gasteiger partial charge >= 0.3 is 12.0 Å². The molecule has 0 aliphatic heterocycles. The van der Waals surface area contributed by atoms with Crippen LogP contribution in [0.4, 0.5) is 4.79 Å². The van der Waals surface area contributed by atoms with Crippen LogP contribution in [0.1, 0.15) is 39.5 Å². The monoisotopic (exact) mass is 242 g/mol. The molecule has 0 bridgehead atoms. The maximum absolute atomic E-state index is 11.4. The standard InChI is InChI=1S/C12H22N2O3/c1-8(2)6-9(11(15)16)7-13-12(17)14-10-4-3-5-10/h8-10H,3-7H2,1-2H3,(H,15,16)(H2,13,14,17). The molecule has 0 aromatic carbocycles. The van der Waals surface area contributed by atoms with E-state index in [1.807, 2.05) is 13.8 Å². The van der Waals surface area contributed by atoms with Crippen molar-refractivity contribution in [2.24, 2.45) is 11.8 Å². The van der Waals surface area contributed by atoms with Gasteiger partial charge in [0.2, 0.25) is 0 Å². The molecule has 0 spiro atoms. The molecule has 0 saturated heterocycles. The molecule has 0 heterocycles. The first kappa shape index (κ1) is 13.8. The van der Waals surface area contributed by atoms with Crippen LogP contribution >= 0.6 is 0 Å². The number of carboxylic acids is 1. The summed E-state index contributed by atoms with van der Waals surface area (Å²) in [5, 5.41) is 14.5. The minimum atomic E-state index is -0.845. The van der Waals surface area contributed by atoms with Crippen molar-refractivity contribution in [1.82, 2.24) is 10.6 Å². The topological polar surface area (TPSA) is 78.4 Å². The highest BCUT2D eigenvalue weighted by Gasteiger charge is 2.22. The normalized spacial score (nSPS) is 17.4. The first-order valence-corrected chi connectivity index (χ1v) is 6.26. The second-order valence-electron chi connectivity index (χ2n) is 5.15. The van der Waals surface area contributed by atoms with Gasteiger partial charge in [-0.2, -0.15) is 0 Å². The van der Waals surface area contributed by atoms with Crippen molar-refractivity contribution in [2.45, 2.75) is 45.6 Å². The Morgan fingerprint density at radius 1 is 1.35 bits per heavy atom. The molecule has 1 aliphatic carbocycles. The van der Waals surface area contributed by atoms with Gasteiger partial charge in [0.25, 0.3) is 0 Å². The van der Waals surface area contributed by atoms with E-state index >= 15 is 0 Å². The van der Waals surface area contributed by atoms with Gasteiger partial charge < -0.3 is 15.7 Å². The Kier molecular flexibility index (Phi) is 5.25. The number of rotatable bonds is 6. The first-order chi connectivity index (χ1) is 7.99. The Morgan fingerprint density at radius 2 is 2.00 bits per heavy atom. The quantitative estimate of drug-likeness (QED) is 0.661. The fourth-order valence-electron chi connectivity index (χ4n) is 1.85. The second kappa shape index (κ2) is 6.47. The molecule has 1 atom stereocenters. The van der Waals surface area contributed by atoms with Crippen LogP contribution in [0.15, 0.2) is 0 Å². The van der Waals surface area contributed by atoms with Crippen LogP contribution in [0.5, 0.6) is 0 Å². The molecular formula is C12H22N2O3. The first-order valence-electron chi connectivity index (χ1n) is 6.26. The van der Waals surface area contributed by atoms with Gasteiger partial charge in [0.15, 0.2) is 0 Å². The van der Waals surface area contributed by atoms with Gasteiger partial charge in [-0.3, -0.25) is 4.79 Å². The zero-order valence-corrected chi connectivity index (χ0v) is 10.5. The van der Waals surface area contributed by atoms with E-state index < -0.39 is 11.9 Å². The number of carbonyl (C=O) groups excluding carboxylic acids is 1.